The van der Waals surface area contributed by atoms with Crippen molar-refractivity contribution in [3.63, 3.8) is 0 Å². The second-order valence-electron chi connectivity index (χ2n) is 9.21. The number of rotatable bonds is 4. The summed E-state index contributed by atoms with van der Waals surface area (Å²) < 4.78 is 0. The Balaban J connectivity index is 2.44. The van der Waals surface area contributed by atoms with Crippen molar-refractivity contribution in [2.45, 2.75) is 65.7 Å². The highest BCUT2D eigenvalue weighted by Crippen LogP contribution is 2.39. The van der Waals surface area contributed by atoms with Gasteiger partial charge in [0.05, 0.1) is 0 Å². The number of hydrogen-bond donors (Lipinski definition) is 1. The standard InChI is InChI=1S/C25H32O2/c1-8-17-9-11-18(12-10-17)13-14-22(26)19-15-20(24(2,3)4)23(27)21(16-19)25(5,6)7/h9-16,27H,8H2,1-7H3/b14-13+. The lowest BCUT2D eigenvalue weighted by molar-refractivity contribution is 0.104. The summed E-state index contributed by atoms with van der Waals surface area (Å²) in [5.41, 5.74) is 4.01. The van der Waals surface area contributed by atoms with E-state index in [9.17, 15) is 9.90 Å². The highest BCUT2D eigenvalue weighted by molar-refractivity contribution is 6.07. The molecule has 2 nitrogen and oxygen atoms in total. The van der Waals surface area contributed by atoms with Gasteiger partial charge in [-0.15, -0.1) is 0 Å². The number of carbonyl (C=O) groups is 1. The second-order valence-corrected chi connectivity index (χ2v) is 9.21. The van der Waals surface area contributed by atoms with E-state index < -0.39 is 0 Å². The van der Waals surface area contributed by atoms with Crippen LogP contribution in [-0.4, -0.2) is 10.9 Å². The zero-order valence-electron chi connectivity index (χ0n) is 17.7. The second kappa shape index (κ2) is 7.72. The van der Waals surface area contributed by atoms with Crippen LogP contribution in [0.15, 0.2) is 42.5 Å². The molecule has 0 radical (unpaired) electrons. The molecular formula is C25H32O2. The lowest BCUT2D eigenvalue weighted by atomic mass is 9.78. The van der Waals surface area contributed by atoms with Gasteiger partial charge in [0.1, 0.15) is 5.75 Å². The zero-order chi connectivity index (χ0) is 20.4. The molecule has 0 saturated carbocycles. The van der Waals surface area contributed by atoms with Crippen molar-refractivity contribution in [3.05, 3.63) is 70.3 Å². The maximum Gasteiger partial charge on any atom is 0.185 e. The summed E-state index contributed by atoms with van der Waals surface area (Å²) in [6, 6.07) is 11.9. The first-order chi connectivity index (χ1) is 12.4. The van der Waals surface area contributed by atoms with Crippen molar-refractivity contribution in [2.24, 2.45) is 0 Å². The minimum absolute atomic E-state index is 0.0504. The van der Waals surface area contributed by atoms with Crippen LogP contribution in [0.3, 0.4) is 0 Å². The fraction of sp³-hybridized carbons (Fsp3) is 0.400. The van der Waals surface area contributed by atoms with Gasteiger partial charge in [-0.2, -0.15) is 0 Å². The zero-order valence-corrected chi connectivity index (χ0v) is 17.7. The number of aryl methyl sites for hydroxylation is 1. The number of carbonyl (C=O) groups excluding carboxylic acids is 1. The third-order valence-corrected chi connectivity index (χ3v) is 4.83. The number of phenols is 1. The van der Waals surface area contributed by atoms with Crippen LogP contribution in [0.2, 0.25) is 0 Å². The van der Waals surface area contributed by atoms with Crippen LogP contribution in [0, 0.1) is 0 Å². The normalized spacial score (nSPS) is 12.6. The molecule has 0 atom stereocenters. The molecule has 0 aliphatic rings. The van der Waals surface area contributed by atoms with Gasteiger partial charge < -0.3 is 5.11 Å². The molecule has 2 rings (SSSR count). The highest BCUT2D eigenvalue weighted by Gasteiger charge is 2.27. The van der Waals surface area contributed by atoms with Gasteiger partial charge in [-0.3, -0.25) is 4.79 Å². The Hall–Kier alpha value is -2.35. The highest BCUT2D eigenvalue weighted by atomic mass is 16.3. The summed E-state index contributed by atoms with van der Waals surface area (Å²) in [6.45, 7) is 14.4. The Morgan fingerprint density at radius 1 is 0.926 bits per heavy atom. The molecular weight excluding hydrogens is 332 g/mol. The van der Waals surface area contributed by atoms with E-state index in [-0.39, 0.29) is 16.6 Å². The van der Waals surface area contributed by atoms with E-state index >= 15 is 0 Å². The van der Waals surface area contributed by atoms with Gasteiger partial charge in [0.2, 0.25) is 0 Å². The molecule has 0 fully saturated rings. The molecule has 0 saturated heterocycles. The molecule has 0 unspecified atom stereocenters. The summed E-state index contributed by atoms with van der Waals surface area (Å²) in [4.78, 5) is 12.8. The minimum atomic E-state index is -0.250. The maximum absolute atomic E-state index is 12.8. The van der Waals surface area contributed by atoms with Crippen molar-refractivity contribution in [1.29, 1.82) is 0 Å². The van der Waals surface area contributed by atoms with Gasteiger partial charge in [0.25, 0.3) is 0 Å². The Morgan fingerprint density at radius 3 is 1.81 bits per heavy atom. The molecule has 0 bridgehead atoms. The molecule has 0 aliphatic heterocycles. The summed E-state index contributed by atoms with van der Waals surface area (Å²) in [6.07, 6.45) is 4.47. The van der Waals surface area contributed by atoms with Crippen LogP contribution < -0.4 is 0 Å². The lowest BCUT2D eigenvalue weighted by Gasteiger charge is -2.27. The smallest absolute Gasteiger partial charge is 0.185 e. The fourth-order valence-corrected chi connectivity index (χ4v) is 3.05. The first-order valence-corrected chi connectivity index (χ1v) is 9.63. The van der Waals surface area contributed by atoms with E-state index in [4.69, 9.17) is 0 Å². The Bertz CT molecular complexity index is 806. The molecule has 2 heteroatoms. The summed E-state index contributed by atoms with van der Waals surface area (Å²) >= 11 is 0. The topological polar surface area (TPSA) is 37.3 Å². The number of ketones is 1. The lowest BCUT2D eigenvalue weighted by Crippen LogP contribution is -2.18. The SMILES string of the molecule is CCc1ccc(/C=C/C(=O)c2cc(C(C)(C)C)c(O)c(C(C)(C)C)c2)cc1. The molecule has 144 valence electrons. The van der Waals surface area contributed by atoms with Crippen molar-refractivity contribution >= 4 is 11.9 Å². The third-order valence-electron chi connectivity index (χ3n) is 4.83. The fourth-order valence-electron chi connectivity index (χ4n) is 3.05. The van der Waals surface area contributed by atoms with E-state index in [1.54, 1.807) is 6.08 Å². The Labute approximate surface area is 163 Å². The van der Waals surface area contributed by atoms with Crippen molar-refractivity contribution in [3.8, 4) is 5.75 Å². The molecule has 0 aromatic heterocycles. The van der Waals surface area contributed by atoms with Crippen LogP contribution in [0.25, 0.3) is 6.08 Å². The van der Waals surface area contributed by atoms with Gasteiger partial charge in [0.15, 0.2) is 5.78 Å². The van der Waals surface area contributed by atoms with E-state index in [0.29, 0.717) is 11.3 Å². The van der Waals surface area contributed by atoms with Crippen LogP contribution in [0.1, 0.15) is 81.1 Å². The Morgan fingerprint density at radius 2 is 1.41 bits per heavy atom. The number of hydrogen-bond acceptors (Lipinski definition) is 2. The van der Waals surface area contributed by atoms with Crippen LogP contribution in [0.4, 0.5) is 0 Å². The van der Waals surface area contributed by atoms with Crippen molar-refractivity contribution < 1.29 is 9.90 Å². The van der Waals surface area contributed by atoms with Crippen LogP contribution >= 0.6 is 0 Å². The molecule has 2 aromatic rings. The Kier molecular flexibility index (Phi) is 5.99. The molecule has 0 amide bonds. The third kappa shape index (κ3) is 5.09. The minimum Gasteiger partial charge on any atom is -0.507 e. The molecule has 1 N–H and O–H groups in total. The monoisotopic (exact) mass is 364 g/mol. The van der Waals surface area contributed by atoms with Crippen LogP contribution in [0.5, 0.6) is 5.75 Å². The van der Waals surface area contributed by atoms with E-state index in [1.807, 2.05) is 71.9 Å². The van der Waals surface area contributed by atoms with E-state index in [0.717, 1.165) is 23.1 Å². The van der Waals surface area contributed by atoms with Gasteiger partial charge >= 0.3 is 0 Å². The molecule has 0 aliphatic carbocycles. The summed E-state index contributed by atoms with van der Waals surface area (Å²) in [5, 5.41) is 10.8. The van der Waals surface area contributed by atoms with Gasteiger partial charge in [-0.1, -0.05) is 78.8 Å². The van der Waals surface area contributed by atoms with Gasteiger partial charge in [-0.05, 0) is 46.6 Å². The van der Waals surface area contributed by atoms with Crippen molar-refractivity contribution in [2.75, 3.05) is 0 Å². The summed E-state index contributed by atoms with van der Waals surface area (Å²) in [7, 11) is 0. The maximum atomic E-state index is 12.8. The van der Waals surface area contributed by atoms with Crippen molar-refractivity contribution in [1.82, 2.24) is 0 Å². The largest absolute Gasteiger partial charge is 0.507 e. The number of allylic oxidation sites excluding steroid dienone is 1. The van der Waals surface area contributed by atoms with Crippen LogP contribution in [-0.2, 0) is 17.3 Å². The number of phenolic OH excluding ortho intramolecular Hbond substituents is 1. The number of benzene rings is 2. The van der Waals surface area contributed by atoms with Gasteiger partial charge in [-0.25, -0.2) is 0 Å². The molecule has 0 heterocycles. The summed E-state index contributed by atoms with van der Waals surface area (Å²) in [5.74, 6) is 0.247. The van der Waals surface area contributed by atoms with E-state index in [1.165, 1.54) is 5.56 Å². The predicted octanol–water partition coefficient (Wildman–Crippen LogP) is 6.45. The molecule has 2 aromatic carbocycles. The number of aromatic hydroxyl groups is 1. The predicted molar refractivity (Wildman–Crippen MR) is 115 cm³/mol. The average Bonchev–Trinajstić information content (AvgIpc) is 2.58. The van der Waals surface area contributed by atoms with E-state index in [2.05, 4.69) is 19.1 Å². The first kappa shape index (κ1) is 21.0. The molecule has 0 spiro atoms. The average molecular weight is 365 g/mol. The quantitative estimate of drug-likeness (QED) is 0.500. The molecule has 27 heavy (non-hydrogen) atoms. The first-order valence-electron chi connectivity index (χ1n) is 9.63. The van der Waals surface area contributed by atoms with Gasteiger partial charge in [0, 0.05) is 16.7 Å².